The number of nitrogens with one attached hydrogen (secondary N) is 2. The van der Waals surface area contributed by atoms with E-state index in [-0.39, 0.29) is 5.91 Å². The predicted octanol–water partition coefficient (Wildman–Crippen LogP) is 3.53. The molecule has 0 radical (unpaired) electrons. The maximum Gasteiger partial charge on any atom is 0.255 e. The number of hydrogen-bond donors (Lipinski definition) is 2. The van der Waals surface area contributed by atoms with Crippen molar-refractivity contribution in [1.29, 1.82) is 0 Å². The second-order valence-electron chi connectivity index (χ2n) is 6.06. The van der Waals surface area contributed by atoms with Crippen molar-refractivity contribution in [2.75, 3.05) is 10.6 Å². The van der Waals surface area contributed by atoms with Gasteiger partial charge in [-0.3, -0.25) is 4.79 Å². The molecule has 0 saturated heterocycles. The van der Waals surface area contributed by atoms with Crippen molar-refractivity contribution in [3.8, 4) is 5.69 Å². The molecule has 2 N–H and O–H groups in total. The highest BCUT2D eigenvalue weighted by atomic mass is 16.1. The summed E-state index contributed by atoms with van der Waals surface area (Å²) in [7, 11) is 0. The fourth-order valence-electron chi connectivity index (χ4n) is 2.79. The van der Waals surface area contributed by atoms with Crippen LogP contribution in [0.25, 0.3) is 5.69 Å². The van der Waals surface area contributed by atoms with Gasteiger partial charge in [-0.1, -0.05) is 48.5 Å². The van der Waals surface area contributed by atoms with E-state index in [1.54, 1.807) is 16.8 Å². The second kappa shape index (κ2) is 8.13. The topological polar surface area (TPSA) is 84.7 Å². The zero-order chi connectivity index (χ0) is 19.2. The van der Waals surface area contributed by atoms with E-state index < -0.39 is 0 Å². The minimum Gasteiger partial charge on any atom is -0.376 e. The molecule has 0 atom stereocenters. The Kier molecular flexibility index (Phi) is 5.06. The molecule has 3 aromatic carbocycles. The average Bonchev–Trinajstić information content (AvgIpc) is 3.23. The zero-order valence-corrected chi connectivity index (χ0v) is 15.0. The summed E-state index contributed by atoms with van der Waals surface area (Å²) in [6, 6.07) is 26.3. The third kappa shape index (κ3) is 3.88. The summed E-state index contributed by atoms with van der Waals surface area (Å²) in [5.41, 5.74) is 2.96. The van der Waals surface area contributed by atoms with Gasteiger partial charge >= 0.3 is 0 Å². The van der Waals surface area contributed by atoms with Gasteiger partial charge in [-0.25, -0.2) is 0 Å². The molecule has 28 heavy (non-hydrogen) atoms. The van der Waals surface area contributed by atoms with Crippen LogP contribution in [-0.4, -0.2) is 26.1 Å². The van der Waals surface area contributed by atoms with Crippen molar-refractivity contribution in [3.05, 3.63) is 96.3 Å². The quantitative estimate of drug-likeness (QED) is 0.542. The number of carbonyl (C=O) groups is 1. The van der Waals surface area contributed by atoms with E-state index in [0.29, 0.717) is 23.6 Å². The molecule has 4 rings (SSSR count). The predicted molar refractivity (Wildman–Crippen MR) is 107 cm³/mol. The van der Waals surface area contributed by atoms with E-state index in [4.69, 9.17) is 0 Å². The lowest BCUT2D eigenvalue weighted by Gasteiger charge is -2.13. The van der Waals surface area contributed by atoms with Crippen LogP contribution in [0.15, 0.2) is 84.9 Å². The molecule has 138 valence electrons. The van der Waals surface area contributed by atoms with E-state index in [0.717, 1.165) is 11.4 Å². The lowest BCUT2D eigenvalue weighted by atomic mass is 10.2. The number of rotatable bonds is 6. The first-order chi connectivity index (χ1) is 13.8. The Bertz CT molecular complexity index is 1060. The molecule has 0 spiro atoms. The summed E-state index contributed by atoms with van der Waals surface area (Å²) in [4.78, 5) is 12.5. The van der Waals surface area contributed by atoms with Gasteiger partial charge in [0.15, 0.2) is 5.82 Å². The van der Waals surface area contributed by atoms with Gasteiger partial charge in [0.25, 0.3) is 5.91 Å². The maximum absolute atomic E-state index is 12.5. The van der Waals surface area contributed by atoms with E-state index in [2.05, 4.69) is 26.2 Å². The highest BCUT2D eigenvalue weighted by molar-refractivity contribution is 6.05. The number of amides is 1. The summed E-state index contributed by atoms with van der Waals surface area (Å²) in [5.74, 6) is 0.499. The highest BCUT2D eigenvalue weighted by Gasteiger charge is 2.11. The van der Waals surface area contributed by atoms with Crippen molar-refractivity contribution in [2.24, 2.45) is 0 Å². The summed E-state index contributed by atoms with van der Waals surface area (Å²) in [6.07, 6.45) is 0. The SMILES string of the molecule is O=C(Nc1ccccc1NCc1nnnn1-c1ccccc1)c1ccccc1. The molecule has 0 aliphatic heterocycles. The first-order valence-electron chi connectivity index (χ1n) is 8.83. The number of anilines is 2. The van der Waals surface area contributed by atoms with Crippen molar-refractivity contribution >= 4 is 17.3 Å². The van der Waals surface area contributed by atoms with E-state index in [1.165, 1.54) is 0 Å². The monoisotopic (exact) mass is 370 g/mol. The average molecular weight is 370 g/mol. The molecular weight excluding hydrogens is 352 g/mol. The van der Waals surface area contributed by atoms with Crippen molar-refractivity contribution in [3.63, 3.8) is 0 Å². The fourth-order valence-corrected chi connectivity index (χ4v) is 2.79. The first kappa shape index (κ1) is 17.4. The van der Waals surface area contributed by atoms with Gasteiger partial charge in [-0.2, -0.15) is 4.68 Å². The molecule has 7 heteroatoms. The van der Waals surface area contributed by atoms with Gasteiger partial charge in [-0.15, -0.1) is 5.10 Å². The third-order valence-corrected chi connectivity index (χ3v) is 4.18. The summed E-state index contributed by atoms with van der Waals surface area (Å²) in [6.45, 7) is 0.403. The molecule has 0 bridgehead atoms. The summed E-state index contributed by atoms with van der Waals surface area (Å²) >= 11 is 0. The third-order valence-electron chi connectivity index (χ3n) is 4.18. The van der Waals surface area contributed by atoms with Gasteiger partial charge < -0.3 is 10.6 Å². The molecule has 1 aromatic heterocycles. The van der Waals surface area contributed by atoms with Crippen LogP contribution in [0.3, 0.4) is 0 Å². The van der Waals surface area contributed by atoms with Crippen LogP contribution in [0.1, 0.15) is 16.2 Å². The normalized spacial score (nSPS) is 10.4. The van der Waals surface area contributed by atoms with Crippen molar-refractivity contribution in [1.82, 2.24) is 20.2 Å². The Morgan fingerprint density at radius 1 is 0.821 bits per heavy atom. The minimum absolute atomic E-state index is 0.163. The van der Waals surface area contributed by atoms with E-state index >= 15 is 0 Å². The Balaban J connectivity index is 1.50. The van der Waals surface area contributed by atoms with Crippen molar-refractivity contribution in [2.45, 2.75) is 6.54 Å². The van der Waals surface area contributed by atoms with Gasteiger partial charge in [0.1, 0.15) is 0 Å². The molecule has 1 heterocycles. The van der Waals surface area contributed by atoms with Crippen LogP contribution in [0, 0.1) is 0 Å². The molecule has 0 unspecified atom stereocenters. The largest absolute Gasteiger partial charge is 0.376 e. The Morgan fingerprint density at radius 3 is 2.21 bits per heavy atom. The van der Waals surface area contributed by atoms with Crippen LogP contribution in [0.5, 0.6) is 0 Å². The molecule has 0 fully saturated rings. The van der Waals surface area contributed by atoms with Gasteiger partial charge in [0.05, 0.1) is 23.6 Å². The molecule has 7 nitrogen and oxygen atoms in total. The summed E-state index contributed by atoms with van der Waals surface area (Å²) < 4.78 is 1.68. The van der Waals surface area contributed by atoms with Crippen LogP contribution < -0.4 is 10.6 Å². The highest BCUT2D eigenvalue weighted by Crippen LogP contribution is 2.22. The number of hydrogen-bond acceptors (Lipinski definition) is 5. The molecule has 1 amide bonds. The molecule has 0 aliphatic carbocycles. The maximum atomic E-state index is 12.5. The van der Waals surface area contributed by atoms with Crippen LogP contribution in [-0.2, 0) is 6.54 Å². The number of aromatic nitrogens is 4. The Hall–Kier alpha value is -4.00. The second-order valence-corrected chi connectivity index (χ2v) is 6.06. The number of benzene rings is 3. The number of nitrogens with zero attached hydrogens (tertiary/aromatic N) is 4. The van der Waals surface area contributed by atoms with Gasteiger partial charge in [0, 0.05) is 5.56 Å². The van der Waals surface area contributed by atoms with Crippen LogP contribution in [0.2, 0.25) is 0 Å². The van der Waals surface area contributed by atoms with E-state index in [9.17, 15) is 4.79 Å². The summed E-state index contributed by atoms with van der Waals surface area (Å²) in [5, 5.41) is 18.2. The lowest BCUT2D eigenvalue weighted by Crippen LogP contribution is -2.14. The van der Waals surface area contributed by atoms with Gasteiger partial charge in [-0.05, 0) is 46.8 Å². The Morgan fingerprint density at radius 2 is 1.46 bits per heavy atom. The van der Waals surface area contributed by atoms with Gasteiger partial charge in [0.2, 0.25) is 0 Å². The molecule has 0 saturated carbocycles. The molecule has 0 aliphatic rings. The van der Waals surface area contributed by atoms with E-state index in [1.807, 2.05) is 72.8 Å². The number of para-hydroxylation sites is 3. The smallest absolute Gasteiger partial charge is 0.255 e. The number of tetrazole rings is 1. The first-order valence-corrected chi connectivity index (χ1v) is 8.83. The Labute approximate surface area is 162 Å². The van der Waals surface area contributed by atoms with Crippen LogP contribution >= 0.6 is 0 Å². The lowest BCUT2D eigenvalue weighted by molar-refractivity contribution is 0.102. The number of carbonyl (C=O) groups excluding carboxylic acids is 1. The standard InChI is InChI=1S/C21H18N6O/c28-21(16-9-3-1-4-10-16)23-19-14-8-7-13-18(19)22-15-20-24-25-26-27(20)17-11-5-2-6-12-17/h1-14,22H,15H2,(H,23,28). The molecule has 4 aromatic rings. The van der Waals surface area contributed by atoms with Crippen molar-refractivity contribution < 1.29 is 4.79 Å². The van der Waals surface area contributed by atoms with Crippen LogP contribution in [0.4, 0.5) is 11.4 Å². The fraction of sp³-hybridized carbons (Fsp3) is 0.0476. The minimum atomic E-state index is -0.163. The molecular formula is C21H18N6O. The zero-order valence-electron chi connectivity index (χ0n) is 15.0.